The summed E-state index contributed by atoms with van der Waals surface area (Å²) in [7, 11) is 0. The van der Waals surface area contributed by atoms with E-state index in [2.05, 4.69) is 12.2 Å². The predicted octanol–water partition coefficient (Wildman–Crippen LogP) is 4.26. The van der Waals surface area contributed by atoms with E-state index in [1.807, 2.05) is 0 Å². The van der Waals surface area contributed by atoms with Gasteiger partial charge < -0.3 is 14.8 Å². The van der Waals surface area contributed by atoms with Crippen molar-refractivity contribution in [1.82, 2.24) is 10.2 Å². The van der Waals surface area contributed by atoms with E-state index in [4.69, 9.17) is 44.3 Å². The van der Waals surface area contributed by atoms with E-state index >= 15 is 0 Å². The number of piperazine rings is 1. The summed E-state index contributed by atoms with van der Waals surface area (Å²) in [5.74, 6) is -1.38. The number of amides is 1. The van der Waals surface area contributed by atoms with E-state index in [1.165, 1.54) is 4.90 Å². The van der Waals surface area contributed by atoms with E-state index in [-0.39, 0.29) is 18.8 Å². The molecule has 2 atom stereocenters. The van der Waals surface area contributed by atoms with Crippen LogP contribution in [0.15, 0.2) is 0 Å². The maximum Gasteiger partial charge on any atom is 0.410 e. The average Bonchev–Trinajstić information content (AvgIpc) is 2.63. The SMILES string of the molecule is CCCCC[C@H](CC(=O)OCC(Cl)(Cl)Cl)C(=O)[C@@H]1CNCCN1C(=O)OC(C)(C)C. The highest BCUT2D eigenvalue weighted by atomic mass is 35.6. The molecule has 0 unspecified atom stereocenters. The molecule has 1 aliphatic rings. The minimum atomic E-state index is -1.71. The maximum atomic E-state index is 13.3. The molecular weight excluding hydrogens is 455 g/mol. The Hall–Kier alpha value is -0.760. The van der Waals surface area contributed by atoms with Crippen molar-refractivity contribution in [2.24, 2.45) is 5.92 Å². The Balaban J connectivity index is 2.90. The molecule has 0 aromatic carbocycles. The Bertz CT molecular complexity index is 590. The smallest absolute Gasteiger partial charge is 0.410 e. The van der Waals surface area contributed by atoms with Crippen LogP contribution in [-0.4, -0.2) is 64.4 Å². The number of carbonyl (C=O) groups excluding carboxylic acids is 3. The minimum absolute atomic E-state index is 0.123. The summed E-state index contributed by atoms with van der Waals surface area (Å²) in [6.45, 7) is 8.22. The van der Waals surface area contributed by atoms with Gasteiger partial charge in [0.25, 0.3) is 0 Å². The second kappa shape index (κ2) is 12.3. The molecule has 0 aliphatic carbocycles. The van der Waals surface area contributed by atoms with Crippen molar-refractivity contribution in [3.05, 3.63) is 0 Å². The van der Waals surface area contributed by atoms with Crippen LogP contribution in [0.5, 0.6) is 0 Å². The highest BCUT2D eigenvalue weighted by Crippen LogP contribution is 2.27. The van der Waals surface area contributed by atoms with E-state index in [0.29, 0.717) is 26.1 Å². The zero-order chi connectivity index (χ0) is 22.9. The lowest BCUT2D eigenvalue weighted by molar-refractivity contribution is -0.147. The third-order valence-electron chi connectivity index (χ3n) is 4.57. The second-order valence-electron chi connectivity index (χ2n) is 8.47. The van der Waals surface area contributed by atoms with Crippen molar-refractivity contribution in [2.45, 2.75) is 75.2 Å². The molecule has 0 aromatic heterocycles. The maximum absolute atomic E-state index is 13.3. The van der Waals surface area contributed by atoms with Crippen LogP contribution < -0.4 is 5.32 Å². The van der Waals surface area contributed by atoms with Gasteiger partial charge in [-0.25, -0.2) is 4.79 Å². The summed E-state index contributed by atoms with van der Waals surface area (Å²) in [5.41, 5.74) is -0.670. The summed E-state index contributed by atoms with van der Waals surface area (Å²) in [5, 5.41) is 3.15. The first-order chi connectivity index (χ1) is 13.8. The van der Waals surface area contributed by atoms with Crippen LogP contribution in [0, 0.1) is 5.92 Å². The summed E-state index contributed by atoms with van der Waals surface area (Å²) in [6.07, 6.45) is 2.57. The van der Waals surface area contributed by atoms with Crippen LogP contribution in [-0.2, 0) is 19.1 Å². The van der Waals surface area contributed by atoms with Gasteiger partial charge in [0, 0.05) is 25.6 Å². The van der Waals surface area contributed by atoms with Crippen LogP contribution >= 0.6 is 34.8 Å². The van der Waals surface area contributed by atoms with Crippen molar-refractivity contribution >= 4 is 52.6 Å². The number of halogens is 3. The van der Waals surface area contributed by atoms with Crippen LogP contribution in [0.1, 0.15) is 59.8 Å². The summed E-state index contributed by atoms with van der Waals surface area (Å²) < 4.78 is 8.77. The van der Waals surface area contributed by atoms with Gasteiger partial charge in [-0.05, 0) is 27.2 Å². The van der Waals surface area contributed by atoms with Gasteiger partial charge in [0.1, 0.15) is 18.2 Å². The minimum Gasteiger partial charge on any atom is -0.461 e. The molecule has 1 rings (SSSR count). The quantitative estimate of drug-likeness (QED) is 0.297. The van der Waals surface area contributed by atoms with Crippen LogP contribution in [0.25, 0.3) is 0 Å². The highest BCUT2D eigenvalue weighted by Gasteiger charge is 2.38. The number of carbonyl (C=O) groups is 3. The van der Waals surface area contributed by atoms with Crippen molar-refractivity contribution in [2.75, 3.05) is 26.2 Å². The molecule has 0 radical (unpaired) electrons. The lowest BCUT2D eigenvalue weighted by Crippen LogP contribution is -2.59. The fourth-order valence-electron chi connectivity index (χ4n) is 3.18. The molecule has 0 bridgehead atoms. The zero-order valence-corrected chi connectivity index (χ0v) is 20.4. The molecule has 1 fully saturated rings. The molecule has 1 amide bonds. The van der Waals surface area contributed by atoms with Crippen LogP contribution in [0.4, 0.5) is 4.79 Å². The molecule has 1 aliphatic heterocycles. The Kier molecular flexibility index (Phi) is 11.2. The second-order valence-corrected chi connectivity index (χ2v) is 11.0. The number of hydrogen-bond acceptors (Lipinski definition) is 6. The number of ether oxygens (including phenoxy) is 2. The number of esters is 1. The van der Waals surface area contributed by atoms with E-state index in [0.717, 1.165) is 19.3 Å². The summed E-state index contributed by atoms with van der Waals surface area (Å²) in [6, 6.07) is -0.707. The van der Waals surface area contributed by atoms with Crippen molar-refractivity contribution < 1.29 is 23.9 Å². The average molecular weight is 488 g/mol. The normalized spacial score (nSPS) is 18.6. The fraction of sp³-hybridized carbons (Fsp3) is 0.850. The number of hydrogen-bond donors (Lipinski definition) is 1. The van der Waals surface area contributed by atoms with Gasteiger partial charge in [-0.2, -0.15) is 0 Å². The largest absolute Gasteiger partial charge is 0.461 e. The van der Waals surface area contributed by atoms with Gasteiger partial charge >= 0.3 is 12.1 Å². The van der Waals surface area contributed by atoms with Gasteiger partial charge in [-0.1, -0.05) is 61.0 Å². The van der Waals surface area contributed by atoms with Gasteiger partial charge in [-0.3, -0.25) is 14.5 Å². The summed E-state index contributed by atoms with van der Waals surface area (Å²) in [4.78, 5) is 39.7. The Labute approximate surface area is 194 Å². The van der Waals surface area contributed by atoms with Crippen LogP contribution in [0.3, 0.4) is 0 Å². The molecule has 0 saturated carbocycles. The zero-order valence-electron chi connectivity index (χ0n) is 18.1. The van der Waals surface area contributed by atoms with Crippen molar-refractivity contribution in [1.29, 1.82) is 0 Å². The topological polar surface area (TPSA) is 84.9 Å². The Morgan fingerprint density at radius 2 is 1.83 bits per heavy atom. The number of alkyl halides is 3. The molecule has 0 spiro atoms. The first-order valence-corrected chi connectivity index (χ1v) is 11.4. The van der Waals surface area contributed by atoms with Gasteiger partial charge in [0.2, 0.25) is 3.79 Å². The number of Topliss-reactive ketones (excluding diaryl/α,β-unsaturated/α-hetero) is 1. The van der Waals surface area contributed by atoms with Gasteiger partial charge in [-0.15, -0.1) is 0 Å². The number of rotatable bonds is 9. The van der Waals surface area contributed by atoms with E-state index < -0.39 is 33.4 Å². The molecule has 174 valence electrons. The summed E-state index contributed by atoms with van der Waals surface area (Å²) >= 11 is 16.9. The Morgan fingerprint density at radius 1 is 1.17 bits per heavy atom. The number of nitrogens with zero attached hydrogens (tertiary/aromatic N) is 1. The van der Waals surface area contributed by atoms with Crippen LogP contribution in [0.2, 0.25) is 0 Å². The van der Waals surface area contributed by atoms with Crippen molar-refractivity contribution in [3.8, 4) is 0 Å². The monoisotopic (exact) mass is 486 g/mol. The number of nitrogens with one attached hydrogen (secondary N) is 1. The molecular formula is C20H33Cl3N2O5. The highest BCUT2D eigenvalue weighted by molar-refractivity contribution is 6.67. The number of unbranched alkanes of at least 4 members (excludes halogenated alkanes) is 2. The first-order valence-electron chi connectivity index (χ1n) is 10.3. The molecule has 10 heteroatoms. The molecule has 1 heterocycles. The first kappa shape index (κ1) is 27.3. The third-order valence-corrected chi connectivity index (χ3v) is 4.90. The lowest BCUT2D eigenvalue weighted by atomic mass is 9.88. The standard InChI is InChI=1S/C20H33Cl3N2O5/c1-5-6-7-8-14(11-16(26)29-13-20(21,22)23)17(27)15-12-24-9-10-25(15)18(28)30-19(2,3)4/h14-15,24H,5-13H2,1-4H3/t14-,15+/m1/s1. The third kappa shape index (κ3) is 10.5. The molecule has 1 saturated heterocycles. The van der Waals surface area contributed by atoms with Gasteiger partial charge in [0.15, 0.2) is 5.78 Å². The number of ketones is 1. The molecule has 30 heavy (non-hydrogen) atoms. The Morgan fingerprint density at radius 3 is 2.40 bits per heavy atom. The van der Waals surface area contributed by atoms with Gasteiger partial charge in [0.05, 0.1) is 6.42 Å². The van der Waals surface area contributed by atoms with Crippen molar-refractivity contribution in [3.63, 3.8) is 0 Å². The molecule has 0 aromatic rings. The lowest BCUT2D eigenvalue weighted by Gasteiger charge is -2.37. The van der Waals surface area contributed by atoms with E-state index in [1.54, 1.807) is 20.8 Å². The molecule has 7 nitrogen and oxygen atoms in total. The predicted molar refractivity (Wildman–Crippen MR) is 118 cm³/mol. The molecule has 1 N–H and O–H groups in total. The van der Waals surface area contributed by atoms with E-state index in [9.17, 15) is 14.4 Å². The fourth-order valence-corrected chi connectivity index (χ4v) is 3.34.